The summed E-state index contributed by atoms with van der Waals surface area (Å²) in [5.74, 6) is 0.0633. The van der Waals surface area contributed by atoms with Crippen molar-refractivity contribution in [2.45, 2.75) is 52.2 Å². The standard InChI is InChI=1S/C17H25ClN5O5P/c1-10(2)27-29(24,28-11(3)4)9-26-13-6-5-12(7-25-13)23-8-20-16-14(23)15(18)21-17(19)22-16/h5-6,8,10-13H,7,9H2,1-4H3,(H2,19,21,22)/t12-,13+/m1/s1. The Morgan fingerprint density at radius 3 is 2.55 bits per heavy atom. The van der Waals surface area contributed by atoms with Gasteiger partial charge in [-0.25, -0.2) is 4.98 Å². The van der Waals surface area contributed by atoms with Crippen molar-refractivity contribution in [2.75, 3.05) is 18.7 Å². The number of aromatic nitrogens is 4. The van der Waals surface area contributed by atoms with E-state index in [2.05, 4.69) is 15.0 Å². The third-order valence-corrected chi connectivity index (χ3v) is 6.04. The second-order valence-corrected chi connectivity index (χ2v) is 9.33. The van der Waals surface area contributed by atoms with Crippen molar-refractivity contribution in [3.8, 4) is 0 Å². The lowest BCUT2D eigenvalue weighted by molar-refractivity contribution is -0.114. The molecule has 1 aliphatic rings. The van der Waals surface area contributed by atoms with Gasteiger partial charge in [-0.15, -0.1) is 0 Å². The molecule has 3 rings (SSSR count). The highest BCUT2D eigenvalue weighted by Gasteiger charge is 2.30. The summed E-state index contributed by atoms with van der Waals surface area (Å²) in [5.41, 5.74) is 6.58. The van der Waals surface area contributed by atoms with E-state index in [9.17, 15) is 4.57 Å². The molecule has 0 saturated carbocycles. The minimum absolute atomic E-state index is 0.0633. The first-order valence-corrected chi connectivity index (χ1v) is 11.3. The summed E-state index contributed by atoms with van der Waals surface area (Å²) in [4.78, 5) is 12.3. The molecule has 0 bridgehead atoms. The Hall–Kier alpha value is -1.55. The Balaban J connectivity index is 1.67. The molecule has 0 aromatic carbocycles. The Morgan fingerprint density at radius 1 is 1.28 bits per heavy atom. The first-order valence-electron chi connectivity index (χ1n) is 9.20. The van der Waals surface area contributed by atoms with Crippen molar-refractivity contribution in [1.29, 1.82) is 0 Å². The first kappa shape index (κ1) is 22.1. The molecule has 2 N–H and O–H groups in total. The van der Waals surface area contributed by atoms with Gasteiger partial charge in [-0.3, -0.25) is 4.57 Å². The molecular weight excluding hydrogens is 421 g/mol. The van der Waals surface area contributed by atoms with Crippen LogP contribution in [-0.4, -0.2) is 51.0 Å². The zero-order valence-corrected chi connectivity index (χ0v) is 18.3. The molecule has 1 aliphatic heterocycles. The quantitative estimate of drug-likeness (QED) is 0.369. The molecule has 0 aliphatic carbocycles. The van der Waals surface area contributed by atoms with Crippen LogP contribution >= 0.6 is 19.2 Å². The van der Waals surface area contributed by atoms with E-state index in [0.29, 0.717) is 11.2 Å². The molecule has 2 atom stereocenters. The van der Waals surface area contributed by atoms with Gasteiger partial charge in [-0.1, -0.05) is 17.7 Å². The highest BCUT2D eigenvalue weighted by Crippen LogP contribution is 2.50. The molecule has 29 heavy (non-hydrogen) atoms. The average molecular weight is 446 g/mol. The summed E-state index contributed by atoms with van der Waals surface area (Å²) in [6.45, 7) is 7.44. The number of hydrogen-bond donors (Lipinski definition) is 1. The van der Waals surface area contributed by atoms with Crippen LogP contribution in [0.25, 0.3) is 11.2 Å². The first-order chi connectivity index (χ1) is 13.7. The zero-order chi connectivity index (χ0) is 21.2. The largest absolute Gasteiger partial charge is 0.368 e. The molecular formula is C17H25ClN5O5P. The van der Waals surface area contributed by atoms with Crippen LogP contribution in [-0.2, 0) is 23.1 Å². The van der Waals surface area contributed by atoms with Gasteiger partial charge in [-0.05, 0) is 33.8 Å². The third kappa shape index (κ3) is 5.53. The summed E-state index contributed by atoms with van der Waals surface area (Å²) in [7, 11) is -3.40. The van der Waals surface area contributed by atoms with Crippen LogP contribution in [0, 0.1) is 0 Å². The zero-order valence-electron chi connectivity index (χ0n) is 16.7. The van der Waals surface area contributed by atoms with Gasteiger partial charge in [0.2, 0.25) is 5.95 Å². The third-order valence-electron chi connectivity index (χ3n) is 3.82. The van der Waals surface area contributed by atoms with Gasteiger partial charge in [0.15, 0.2) is 23.4 Å². The summed E-state index contributed by atoms with van der Waals surface area (Å²) < 4.78 is 36.9. The van der Waals surface area contributed by atoms with E-state index >= 15 is 0 Å². The minimum atomic E-state index is -3.40. The maximum Gasteiger partial charge on any atom is 0.356 e. The van der Waals surface area contributed by atoms with Gasteiger partial charge in [-0.2, -0.15) is 9.97 Å². The number of nitrogen functional groups attached to an aromatic ring is 1. The van der Waals surface area contributed by atoms with E-state index in [4.69, 9.17) is 35.9 Å². The number of nitrogens with two attached hydrogens (primary N) is 1. The summed E-state index contributed by atoms with van der Waals surface area (Å²) in [5, 5.41) is 0.217. The van der Waals surface area contributed by atoms with Crippen molar-refractivity contribution in [3.05, 3.63) is 23.6 Å². The molecule has 3 heterocycles. The topological polar surface area (TPSA) is 124 Å². The highest BCUT2D eigenvalue weighted by molar-refractivity contribution is 7.53. The number of hydrogen-bond acceptors (Lipinski definition) is 9. The Labute approximate surface area is 173 Å². The maximum absolute atomic E-state index is 12.8. The van der Waals surface area contributed by atoms with Crippen molar-refractivity contribution in [3.63, 3.8) is 0 Å². The second kappa shape index (κ2) is 9.07. The average Bonchev–Trinajstić information content (AvgIpc) is 3.03. The van der Waals surface area contributed by atoms with Crippen LogP contribution in [0.2, 0.25) is 5.15 Å². The smallest absolute Gasteiger partial charge is 0.356 e. The van der Waals surface area contributed by atoms with Gasteiger partial charge in [0.25, 0.3) is 0 Å². The van der Waals surface area contributed by atoms with E-state index < -0.39 is 13.9 Å². The predicted octanol–water partition coefficient (Wildman–Crippen LogP) is 3.53. The molecule has 0 radical (unpaired) electrons. The van der Waals surface area contributed by atoms with Crippen molar-refractivity contribution in [1.82, 2.24) is 19.5 Å². The predicted molar refractivity (Wildman–Crippen MR) is 109 cm³/mol. The lowest BCUT2D eigenvalue weighted by Crippen LogP contribution is -2.26. The van der Waals surface area contributed by atoms with Crippen LogP contribution in [0.3, 0.4) is 0 Å². The van der Waals surface area contributed by atoms with E-state index in [-0.39, 0.29) is 42.3 Å². The summed E-state index contributed by atoms with van der Waals surface area (Å²) >= 11 is 6.20. The number of fused-ring (bicyclic) bond motifs is 1. The molecule has 12 heteroatoms. The number of imidazole rings is 1. The Bertz CT molecular complexity index is 920. The SMILES string of the molecule is CC(C)OP(=O)(CO[C@H]1C=C[C@@H](n2cnc3nc(N)nc(Cl)c32)CO1)OC(C)C. The van der Waals surface area contributed by atoms with Gasteiger partial charge in [0.1, 0.15) is 5.52 Å². The lowest BCUT2D eigenvalue weighted by Gasteiger charge is -2.27. The van der Waals surface area contributed by atoms with Gasteiger partial charge >= 0.3 is 7.60 Å². The van der Waals surface area contributed by atoms with Crippen molar-refractivity contribution < 1.29 is 23.1 Å². The van der Waals surface area contributed by atoms with Gasteiger partial charge in [0, 0.05) is 0 Å². The molecule has 160 valence electrons. The molecule has 10 nitrogen and oxygen atoms in total. The maximum atomic E-state index is 12.8. The number of anilines is 1. The van der Waals surface area contributed by atoms with Crippen molar-refractivity contribution >= 4 is 36.3 Å². The second-order valence-electron chi connectivity index (χ2n) is 7.07. The van der Waals surface area contributed by atoms with E-state index in [1.54, 1.807) is 44.7 Å². The molecule has 0 spiro atoms. The van der Waals surface area contributed by atoms with Gasteiger partial charge in [0.05, 0.1) is 31.2 Å². The van der Waals surface area contributed by atoms with Crippen LogP contribution in [0.5, 0.6) is 0 Å². The molecule has 2 aromatic heterocycles. The van der Waals surface area contributed by atoms with Crippen molar-refractivity contribution in [2.24, 2.45) is 0 Å². The fourth-order valence-electron chi connectivity index (χ4n) is 2.86. The number of rotatable bonds is 8. The summed E-state index contributed by atoms with van der Waals surface area (Å²) in [6, 6.07) is -0.185. The van der Waals surface area contributed by atoms with E-state index in [1.165, 1.54) is 0 Å². The molecule has 0 fully saturated rings. The van der Waals surface area contributed by atoms with Gasteiger partial charge < -0.3 is 28.8 Å². The van der Waals surface area contributed by atoms with Crippen LogP contribution in [0.1, 0.15) is 33.7 Å². The van der Waals surface area contributed by atoms with Crippen LogP contribution in [0.4, 0.5) is 5.95 Å². The Kier molecular flexibility index (Phi) is 6.93. The van der Waals surface area contributed by atoms with E-state index in [1.807, 2.05) is 6.08 Å². The molecule has 0 unspecified atom stereocenters. The fourth-order valence-corrected chi connectivity index (χ4v) is 4.92. The highest BCUT2D eigenvalue weighted by atomic mass is 35.5. The molecule has 0 amide bonds. The number of halogens is 1. The van der Waals surface area contributed by atoms with E-state index in [0.717, 1.165) is 0 Å². The minimum Gasteiger partial charge on any atom is -0.368 e. The number of nitrogens with zero attached hydrogens (tertiary/aromatic N) is 4. The van der Waals surface area contributed by atoms with Crippen LogP contribution in [0.15, 0.2) is 18.5 Å². The monoisotopic (exact) mass is 445 g/mol. The molecule has 0 saturated heterocycles. The fraction of sp³-hybridized carbons (Fsp3) is 0.588. The normalized spacial score (nSPS) is 20.2. The van der Waals surface area contributed by atoms with Crippen LogP contribution < -0.4 is 5.73 Å². The summed E-state index contributed by atoms with van der Waals surface area (Å²) in [6.07, 6.45) is 3.81. The Morgan fingerprint density at radius 2 is 1.97 bits per heavy atom. The molecule has 2 aromatic rings. The number of ether oxygens (including phenoxy) is 2. The lowest BCUT2D eigenvalue weighted by atomic mass is 10.2.